The van der Waals surface area contributed by atoms with E-state index in [9.17, 15) is 62.8 Å². The second-order valence-corrected chi connectivity index (χ2v) is 34.3. The van der Waals surface area contributed by atoms with Crippen molar-refractivity contribution in [1.82, 2.24) is 72.0 Å². The number of carbonyl (C=O) groups is 16. The Hall–Kier alpha value is -13.0. The average molecular weight is 1830 g/mol. The number of nitrogens with one attached hydrogen (secondary N) is 9. The number of unbranched alkanes of at least 4 members (excludes halogenated alkanes) is 1. The zero-order valence-electron chi connectivity index (χ0n) is 72.9. The number of hydrogen-bond donors (Lipinski definition) is 14. The third-order valence-corrected chi connectivity index (χ3v) is 24.3. The van der Waals surface area contributed by atoms with E-state index in [0.717, 1.165) is 55.4 Å². The second kappa shape index (κ2) is 46.8. The molecule has 3 fully saturated rings. The maximum atomic E-state index is 15.6. The molecule has 35 nitrogen and oxygen atoms in total. The molecule has 0 bridgehead atoms. The molecule has 1 aromatic heterocycles. The van der Waals surface area contributed by atoms with Crippen molar-refractivity contribution >= 4 is 117 Å². The summed E-state index contributed by atoms with van der Waals surface area (Å²) in [5.74, 6) is -25.5. The van der Waals surface area contributed by atoms with Crippen LogP contribution in [0.3, 0.4) is 0 Å². The molecule has 14 atom stereocenters. The van der Waals surface area contributed by atoms with E-state index in [0.29, 0.717) is 52.6 Å². The number of hydrogen-bond acceptors (Lipinski definition) is 19. The number of amides is 14. The number of nitrogens with two attached hydrogens (primary N) is 1. The predicted molar refractivity (Wildman–Crippen MR) is 465 cm³/mol. The number of carboxylic acids is 2. The maximum Gasteiger partial charge on any atom is 0.305 e. The average Bonchev–Trinajstić information content (AvgIpc) is 1.58. The zero-order valence-corrected chi connectivity index (χ0v) is 73.7. The van der Waals surface area contributed by atoms with Crippen LogP contribution in [0.2, 0.25) is 0 Å². The number of phenolic OH excluding ortho intramolecular Hbond substituents is 1. The van der Waals surface area contributed by atoms with Crippen molar-refractivity contribution in [2.24, 2.45) is 11.7 Å². The second-order valence-electron chi connectivity index (χ2n) is 33.3. The molecule has 9 rings (SSSR count). The summed E-state index contributed by atoms with van der Waals surface area (Å²) in [5.41, 5.74) is 7.38. The van der Waals surface area contributed by atoms with Gasteiger partial charge in [-0.25, -0.2) is 17.6 Å². The number of nitrogens with zero attached hydrogens (tertiary/aromatic N) is 5. The van der Waals surface area contributed by atoms with E-state index in [2.05, 4.69) is 47.5 Å². The molecule has 0 radical (unpaired) electrons. The molecule has 15 N–H and O–H groups in total. The van der Waals surface area contributed by atoms with Crippen LogP contribution in [-0.4, -0.2) is 275 Å². The number of benzene rings is 5. The van der Waals surface area contributed by atoms with E-state index < -0.39 is 266 Å². The van der Waals surface area contributed by atoms with Gasteiger partial charge < -0.3 is 98.2 Å². The molecule has 0 unspecified atom stereocenters. The predicted octanol–water partition coefficient (Wildman–Crippen LogP) is 2.47. The minimum atomic E-state index is -2.06. The minimum absolute atomic E-state index is 0.0615. The number of aliphatic carboxylic acids is 2. The van der Waals surface area contributed by atoms with Crippen molar-refractivity contribution in [3.05, 3.63) is 173 Å². The molecule has 0 spiro atoms. The molecular weight excluding hydrogens is 1720 g/mol. The number of aliphatic hydroxyl groups is 1. The summed E-state index contributed by atoms with van der Waals surface area (Å²) in [5, 5.41) is 63.5. The van der Waals surface area contributed by atoms with Crippen LogP contribution in [-0.2, 0) is 109 Å². The van der Waals surface area contributed by atoms with Gasteiger partial charge >= 0.3 is 11.9 Å². The first-order chi connectivity index (χ1) is 61.7. The highest BCUT2D eigenvalue weighted by Gasteiger charge is 2.47. The van der Waals surface area contributed by atoms with E-state index in [-0.39, 0.29) is 74.1 Å². The SMILES string of the molecule is CCCC[C@H]1C(=O)N2C[C@@H](O)C[C@@H]2C(=O)N[C@@H](CC(=O)O)C(=O)N[C@@H](C(C)C)C(=O)N(C)[C@@H](Cc2ccccc2)C(=O)N[C@@H](CCC(=O)O)C(=O)N2CCCC[C@@H]2C(=O)N[C@@H](Cc2c[nH]c3ccccc23)C(=O)N[C@@H](Cc2ccc(O)cc2)C(=O)N[C@@H](CC(N)=O)C(=O)N[C@H](C)CSCC(=O)N[C@@H](Cc2cc(F)c(F)c(F)c2)C(=O)N(C)[C@@H](Cc2ccc(F)cc2)C(=O)N1C. The number of thioether (sulfide) groups is 1. The molecule has 14 amide bonds. The quantitative estimate of drug-likeness (QED) is 0.0363. The van der Waals surface area contributed by atoms with E-state index >= 15 is 51.9 Å². The molecule has 0 saturated carbocycles. The molecule has 3 aliphatic heterocycles. The number of primary amides is 1. The van der Waals surface area contributed by atoms with Gasteiger partial charge in [-0.3, -0.25) is 76.7 Å². The van der Waals surface area contributed by atoms with Gasteiger partial charge in [-0.15, -0.1) is 11.8 Å². The van der Waals surface area contributed by atoms with Gasteiger partial charge in [-0.1, -0.05) is 106 Å². The van der Waals surface area contributed by atoms with Crippen LogP contribution in [0.5, 0.6) is 5.75 Å². The number of carbonyl (C=O) groups excluding carboxylic acids is 14. The van der Waals surface area contributed by atoms with Crippen molar-refractivity contribution in [2.45, 2.75) is 215 Å². The van der Waals surface area contributed by atoms with Gasteiger partial charge in [0, 0.05) is 108 Å². The lowest BCUT2D eigenvalue weighted by Crippen LogP contribution is -2.63. The van der Waals surface area contributed by atoms with Gasteiger partial charge in [0.15, 0.2) is 17.5 Å². The van der Waals surface area contributed by atoms with Crippen LogP contribution in [0.1, 0.15) is 126 Å². The van der Waals surface area contributed by atoms with Gasteiger partial charge in [0.1, 0.15) is 84.1 Å². The molecule has 130 heavy (non-hydrogen) atoms. The summed E-state index contributed by atoms with van der Waals surface area (Å²) >= 11 is 0.846. The van der Waals surface area contributed by atoms with Crippen molar-refractivity contribution in [1.29, 1.82) is 0 Å². The summed E-state index contributed by atoms with van der Waals surface area (Å²) in [7, 11) is 3.51. The van der Waals surface area contributed by atoms with E-state index in [1.807, 2.05) is 0 Å². The molecule has 0 aliphatic carbocycles. The summed E-state index contributed by atoms with van der Waals surface area (Å²) in [6.45, 7) is 5.45. The lowest BCUT2D eigenvalue weighted by atomic mass is 9.97. The number of carboxylic acid groups (broad SMARTS) is 2. The fraction of sp³-hybridized carbons (Fsp3) is 0.467. The highest BCUT2D eigenvalue weighted by molar-refractivity contribution is 8.00. The van der Waals surface area contributed by atoms with Crippen LogP contribution in [0.15, 0.2) is 121 Å². The molecule has 3 aliphatic rings. The topological polar surface area (TPSA) is 508 Å². The van der Waals surface area contributed by atoms with Crippen LogP contribution < -0.4 is 48.3 Å². The lowest BCUT2D eigenvalue weighted by Gasteiger charge is -2.38. The maximum absolute atomic E-state index is 15.6. The summed E-state index contributed by atoms with van der Waals surface area (Å²) < 4.78 is 59.4. The number of fused-ring (bicyclic) bond motifs is 3. The summed E-state index contributed by atoms with van der Waals surface area (Å²) in [4.78, 5) is 243. The summed E-state index contributed by atoms with van der Waals surface area (Å²) in [6.07, 6.45) is -5.06. The monoisotopic (exact) mass is 1830 g/mol. The first-order valence-corrected chi connectivity index (χ1v) is 43.9. The number of aromatic amines is 1. The third-order valence-electron chi connectivity index (χ3n) is 23.1. The Labute approximate surface area is 751 Å². The molecular formula is C90H111F4N15O20S. The van der Waals surface area contributed by atoms with Crippen molar-refractivity contribution in [2.75, 3.05) is 45.7 Å². The Morgan fingerprint density at radius 1 is 0.523 bits per heavy atom. The standard InChI is InChI=1S/C90H111F4N15O20S/c1-8-9-21-69-89(128)109-45-57(111)41-71(109)85(124)103-66(43-76(116)117)82(121)104-78(48(2)3)90(129)106(6)70(38-50-17-11-10-12-18-50)84(123)99-62(31-32-75(114)115)87(126)108-33-16-15-22-68(108)83(122)102-64(40-54-44-96-61-20-14-13-19-58(54)61)81(120)100-63(36-51-25-29-56(110)30-26-51)80(119)101-65(42-73(95)112)79(118)97-49(4)46-130-47-74(113)98-67(37-53-34-59(92)77(94)60(93)35-53)86(125)107(7)72(88(127)105(69)5)39-52-23-27-55(91)28-24-52/h10-14,17-20,23-30,34-35,44,48-49,57,62-72,78,96,110-111H,8-9,15-16,21-22,31-33,36-43,45-47H2,1-7H3,(H2,95,112)(H,97,118)(H,98,113)(H,99,123)(H,100,120)(H,101,119)(H,102,122)(H,103,124)(H,104,121)(H,114,115)(H,116,117)/t49-,57+,62+,63+,64+,65+,66+,67+,68-,69+,70+,71-,72+,78+/m1/s1. The number of phenols is 1. The van der Waals surface area contributed by atoms with E-state index in [1.54, 1.807) is 67.7 Å². The number of aromatic hydroxyl groups is 1. The number of aromatic nitrogens is 1. The van der Waals surface area contributed by atoms with E-state index in [1.165, 1.54) is 71.3 Å². The Bertz CT molecular complexity index is 5090. The smallest absolute Gasteiger partial charge is 0.305 e. The Balaban J connectivity index is 1.12. The molecule has 3 saturated heterocycles. The van der Waals surface area contributed by atoms with Crippen LogP contribution in [0.25, 0.3) is 10.9 Å². The molecule has 40 heteroatoms. The number of aliphatic hydroxyl groups excluding tert-OH is 1. The minimum Gasteiger partial charge on any atom is -0.508 e. The van der Waals surface area contributed by atoms with Gasteiger partial charge in [0.25, 0.3) is 0 Å². The number of halogens is 4. The van der Waals surface area contributed by atoms with Gasteiger partial charge in [-0.05, 0) is 115 Å². The fourth-order valence-electron chi connectivity index (χ4n) is 16.0. The van der Waals surface area contributed by atoms with E-state index in [4.69, 9.17) is 5.73 Å². The summed E-state index contributed by atoms with van der Waals surface area (Å²) in [6, 6.07) is 4.74. The van der Waals surface area contributed by atoms with Crippen LogP contribution in [0, 0.1) is 29.2 Å². The molecule has 6 aromatic rings. The van der Waals surface area contributed by atoms with Crippen LogP contribution in [0.4, 0.5) is 17.6 Å². The number of para-hydroxylation sites is 1. The fourth-order valence-corrected chi connectivity index (χ4v) is 16.9. The van der Waals surface area contributed by atoms with Crippen molar-refractivity contribution in [3.63, 3.8) is 0 Å². The molecule has 4 heterocycles. The molecule has 700 valence electrons. The Morgan fingerprint density at radius 2 is 1.07 bits per heavy atom. The van der Waals surface area contributed by atoms with Gasteiger partial charge in [0.2, 0.25) is 82.7 Å². The highest BCUT2D eigenvalue weighted by Crippen LogP contribution is 2.29. The zero-order chi connectivity index (χ0) is 95.1. The van der Waals surface area contributed by atoms with Crippen molar-refractivity contribution < 1.29 is 115 Å². The normalized spacial score (nSPS) is 24.5. The third kappa shape index (κ3) is 27.5. The molecule has 5 aromatic carbocycles. The Kier molecular flexibility index (Phi) is 36.3. The number of rotatable bonds is 21. The number of H-pyrrole nitrogens is 1. The largest absolute Gasteiger partial charge is 0.508 e. The lowest BCUT2D eigenvalue weighted by molar-refractivity contribution is -0.152. The highest BCUT2D eigenvalue weighted by atomic mass is 32.2. The first kappa shape index (κ1) is 101. The Morgan fingerprint density at radius 3 is 1.72 bits per heavy atom. The first-order valence-electron chi connectivity index (χ1n) is 42.8. The van der Waals surface area contributed by atoms with Crippen LogP contribution >= 0.6 is 11.8 Å². The van der Waals surface area contributed by atoms with Gasteiger partial charge in [-0.2, -0.15) is 0 Å². The van der Waals surface area contributed by atoms with Crippen molar-refractivity contribution in [3.8, 4) is 5.75 Å². The number of piperidine rings is 1. The van der Waals surface area contributed by atoms with Gasteiger partial charge in [0.05, 0.1) is 24.7 Å². The number of likely N-dealkylation sites (N-methyl/N-ethyl adjacent to an activating group) is 3.